The summed E-state index contributed by atoms with van der Waals surface area (Å²) in [5, 5.41) is 21.5. The molecule has 0 aromatic rings. The van der Waals surface area contributed by atoms with Crippen LogP contribution in [0.5, 0.6) is 0 Å². The van der Waals surface area contributed by atoms with Crippen molar-refractivity contribution < 1.29 is 24.5 Å². The van der Waals surface area contributed by atoms with Gasteiger partial charge in [0.1, 0.15) is 0 Å². The summed E-state index contributed by atoms with van der Waals surface area (Å²) in [6.45, 7) is 4.25. The summed E-state index contributed by atoms with van der Waals surface area (Å²) in [6, 6.07) is 0. The summed E-state index contributed by atoms with van der Waals surface area (Å²) in [4.78, 5) is 2.48. The molecule has 5 nitrogen and oxygen atoms in total. The second kappa shape index (κ2) is 11.5. The van der Waals surface area contributed by atoms with Crippen LogP contribution >= 0.6 is 0 Å². The number of morpholine rings is 1. The van der Waals surface area contributed by atoms with E-state index < -0.39 is 7.32 Å². The second-order valence-corrected chi connectivity index (χ2v) is 3.38. The van der Waals surface area contributed by atoms with Crippen LogP contribution in [-0.2, 0) is 4.74 Å². The third-order valence-electron chi connectivity index (χ3n) is 1.55. The van der Waals surface area contributed by atoms with E-state index >= 15 is 0 Å². The van der Waals surface area contributed by atoms with E-state index in [1.54, 1.807) is 0 Å². The second-order valence-electron chi connectivity index (χ2n) is 2.39. The van der Waals surface area contributed by atoms with E-state index in [1.807, 2.05) is 0 Å². The predicted octanol–water partition coefficient (Wildman–Crippen LogP) is -2.45. The van der Waals surface area contributed by atoms with Crippen molar-refractivity contribution in [2.45, 2.75) is 0 Å². The summed E-state index contributed by atoms with van der Waals surface area (Å²) in [7, 11) is -2.17. The van der Waals surface area contributed by atoms with Gasteiger partial charge in [-0.15, -0.1) is 0 Å². The molecule has 13 heavy (non-hydrogen) atoms. The molecule has 0 unspecified atom stereocenters. The fourth-order valence-electron chi connectivity index (χ4n) is 0.917. The third-order valence-corrected chi connectivity index (χ3v) is 2.95. The van der Waals surface area contributed by atoms with Gasteiger partial charge in [-0.1, -0.05) is 0 Å². The van der Waals surface area contributed by atoms with E-state index in [0.717, 1.165) is 62.2 Å². The predicted molar refractivity (Wildman–Crippen MR) is 47.9 cm³/mol. The maximum absolute atomic E-state index is 7.17. The first-order valence-corrected chi connectivity index (χ1v) is 6.22. The van der Waals surface area contributed by atoms with E-state index in [0.29, 0.717) is 0 Å². The first kappa shape index (κ1) is 16.8. The molecule has 1 rings (SSSR count). The van der Waals surface area contributed by atoms with Gasteiger partial charge in [-0.05, 0) is 0 Å². The minimum atomic E-state index is -2.17. The van der Waals surface area contributed by atoms with Gasteiger partial charge in [-0.3, -0.25) is 4.70 Å². The summed E-state index contributed by atoms with van der Waals surface area (Å²) >= 11 is 0.990. The van der Waals surface area contributed by atoms with E-state index in [4.69, 9.17) is 19.8 Å². The van der Waals surface area contributed by atoms with Crippen molar-refractivity contribution in [2.24, 2.45) is 0 Å². The SMILES string of the molecule is F.OB(O)O.[K][CH2]N1CCOCC1. The molecular formula is C5H14BFKNO4. The van der Waals surface area contributed by atoms with Crippen molar-refractivity contribution in [1.82, 2.24) is 4.90 Å². The normalized spacial score (nSPS) is 16.7. The van der Waals surface area contributed by atoms with Crippen molar-refractivity contribution in [3.8, 4) is 0 Å². The number of hydrogen-bond acceptors (Lipinski definition) is 5. The molecule has 1 saturated heterocycles. The molecule has 0 aromatic carbocycles. The Hall–Kier alpha value is 1.43. The zero-order valence-electron chi connectivity index (χ0n) is 7.72. The van der Waals surface area contributed by atoms with Crippen LogP contribution in [0.4, 0.5) is 4.70 Å². The molecule has 0 bridgehead atoms. The van der Waals surface area contributed by atoms with Gasteiger partial charge in [0.25, 0.3) is 0 Å². The fraction of sp³-hybridized carbons (Fsp3) is 1.00. The Morgan fingerprint density at radius 2 is 1.62 bits per heavy atom. The van der Waals surface area contributed by atoms with Crippen molar-refractivity contribution in [1.29, 1.82) is 0 Å². The molecular weight excluding hydrogens is 207 g/mol. The molecule has 74 valence electrons. The van der Waals surface area contributed by atoms with Gasteiger partial charge in [0, 0.05) is 0 Å². The average molecular weight is 221 g/mol. The van der Waals surface area contributed by atoms with Crippen molar-refractivity contribution in [3.63, 3.8) is 0 Å². The topological polar surface area (TPSA) is 73.2 Å². The maximum atomic E-state index is 7.17. The molecule has 0 amide bonds. The molecule has 1 heterocycles. The standard InChI is InChI=1S/C5H10NO.BH3O3.FH.K/c1-6-2-4-7-5-3-6;2-1(3)4;;/h1-5H2;2-4H;1H;. The number of nitrogens with zero attached hydrogens (tertiary/aromatic N) is 1. The van der Waals surface area contributed by atoms with Crippen LogP contribution in [0.15, 0.2) is 0 Å². The number of halogens is 1. The van der Waals surface area contributed by atoms with Crippen LogP contribution in [0.25, 0.3) is 0 Å². The van der Waals surface area contributed by atoms with Gasteiger partial charge < -0.3 is 15.1 Å². The Morgan fingerprint density at radius 3 is 1.85 bits per heavy atom. The van der Waals surface area contributed by atoms with Crippen LogP contribution in [0.1, 0.15) is 0 Å². The monoisotopic (exact) mass is 221 g/mol. The number of ether oxygens (including phenoxy) is 1. The van der Waals surface area contributed by atoms with E-state index in [-0.39, 0.29) is 4.70 Å². The first-order valence-electron chi connectivity index (χ1n) is 4.01. The Kier molecular flexibility index (Phi) is 14.9. The number of hydrogen-bond donors (Lipinski definition) is 3. The average Bonchev–Trinajstić information content (AvgIpc) is 2.05. The van der Waals surface area contributed by atoms with E-state index in [2.05, 4.69) is 4.90 Å². The van der Waals surface area contributed by atoms with Gasteiger partial charge >= 0.3 is 92.9 Å². The van der Waals surface area contributed by atoms with Crippen LogP contribution in [0, 0.1) is 0 Å². The van der Waals surface area contributed by atoms with Crippen molar-refractivity contribution in [2.75, 3.05) is 26.9 Å². The summed E-state index contributed by atoms with van der Waals surface area (Å²) in [6.07, 6.45) is 0. The number of rotatable bonds is 1. The Labute approximate surface area is 111 Å². The minimum absolute atomic E-state index is 0. The van der Waals surface area contributed by atoms with Crippen LogP contribution < -0.4 is 0 Å². The van der Waals surface area contributed by atoms with Gasteiger partial charge in [-0.2, -0.15) is 0 Å². The molecule has 0 spiro atoms. The molecule has 3 N–H and O–H groups in total. The molecule has 0 aliphatic carbocycles. The van der Waals surface area contributed by atoms with Gasteiger partial charge in [0.15, 0.2) is 0 Å². The van der Waals surface area contributed by atoms with Crippen molar-refractivity contribution >= 4 is 56.3 Å². The quantitative estimate of drug-likeness (QED) is 0.428. The molecule has 1 aliphatic heterocycles. The molecule has 1 fully saturated rings. The zero-order chi connectivity index (χ0) is 9.40. The van der Waals surface area contributed by atoms with Gasteiger partial charge in [0.2, 0.25) is 0 Å². The summed E-state index contributed by atoms with van der Waals surface area (Å²) < 4.78 is 6.54. The van der Waals surface area contributed by atoms with Gasteiger partial charge in [0.05, 0.1) is 0 Å². The van der Waals surface area contributed by atoms with Crippen LogP contribution in [0.2, 0.25) is 0 Å². The Balaban J connectivity index is 0. The molecule has 8 heteroatoms. The summed E-state index contributed by atoms with van der Waals surface area (Å²) in [5.74, 6) is 0. The Bertz CT molecular complexity index is 104. The zero-order valence-corrected chi connectivity index (χ0v) is 10.8. The van der Waals surface area contributed by atoms with Crippen LogP contribution in [-0.4, -0.2) is 103 Å². The Morgan fingerprint density at radius 1 is 1.23 bits per heavy atom. The molecule has 0 atom stereocenters. The van der Waals surface area contributed by atoms with Gasteiger partial charge in [-0.25, -0.2) is 0 Å². The third kappa shape index (κ3) is 13.4. The van der Waals surface area contributed by atoms with Crippen molar-refractivity contribution in [3.05, 3.63) is 0 Å². The molecule has 0 saturated carbocycles. The first-order chi connectivity index (χ1) is 5.66. The fourth-order valence-corrected chi connectivity index (χ4v) is 1.91. The van der Waals surface area contributed by atoms with E-state index in [9.17, 15) is 0 Å². The van der Waals surface area contributed by atoms with E-state index in [1.165, 1.54) is 13.7 Å². The molecule has 0 aromatic heterocycles. The van der Waals surface area contributed by atoms with Crippen LogP contribution in [0.3, 0.4) is 0 Å². The molecule has 0 radical (unpaired) electrons. The summed E-state index contributed by atoms with van der Waals surface area (Å²) in [5.41, 5.74) is 0. The molecule has 1 aliphatic rings.